The van der Waals surface area contributed by atoms with Gasteiger partial charge in [-0.05, 0) is 49.7 Å². The van der Waals surface area contributed by atoms with Gasteiger partial charge in [-0.2, -0.15) is 5.10 Å². The topological polar surface area (TPSA) is 50.7 Å². The van der Waals surface area contributed by atoms with Crippen LogP contribution < -0.4 is 10.2 Å². The summed E-state index contributed by atoms with van der Waals surface area (Å²) in [5.41, 5.74) is 3.07. The first kappa shape index (κ1) is 15.3. The van der Waals surface area contributed by atoms with Crippen molar-refractivity contribution in [1.29, 1.82) is 0 Å². The monoisotopic (exact) mass is 302 g/mol. The van der Waals surface area contributed by atoms with Gasteiger partial charge >= 0.3 is 0 Å². The predicted molar refractivity (Wildman–Crippen MR) is 86.4 cm³/mol. The quantitative estimate of drug-likeness (QED) is 0.656. The van der Waals surface area contributed by atoms with Gasteiger partial charge in [0.05, 0.1) is 12.8 Å². The van der Waals surface area contributed by atoms with E-state index in [1.807, 2.05) is 13.0 Å². The second kappa shape index (κ2) is 7.59. The molecule has 0 unspecified atom stereocenters. The molecular formula is C16H18N2O2S. The largest absolute Gasteiger partial charge is 0.494 e. The first-order valence-electron chi connectivity index (χ1n) is 6.88. The summed E-state index contributed by atoms with van der Waals surface area (Å²) in [7, 11) is 0. The average Bonchev–Trinajstić information content (AvgIpc) is 2.96. The van der Waals surface area contributed by atoms with Crippen molar-refractivity contribution in [2.24, 2.45) is 5.10 Å². The molecule has 0 bridgehead atoms. The van der Waals surface area contributed by atoms with E-state index in [9.17, 15) is 4.79 Å². The molecule has 2 aromatic rings. The zero-order valence-electron chi connectivity index (χ0n) is 12.1. The van der Waals surface area contributed by atoms with Crippen LogP contribution >= 0.6 is 11.3 Å². The van der Waals surface area contributed by atoms with E-state index in [2.05, 4.69) is 23.5 Å². The standard InChI is InChI=1S/C16H18N2O2S/c1-3-14-9-10-15(21-14)11-17-18-16(19)12-5-7-13(8-6-12)20-4-2/h5-11H,3-4H2,1-2H3,(H,18,19). The van der Waals surface area contributed by atoms with Gasteiger partial charge in [0.2, 0.25) is 0 Å². The fourth-order valence-electron chi connectivity index (χ4n) is 1.74. The predicted octanol–water partition coefficient (Wildman–Crippen LogP) is 3.47. The Hall–Kier alpha value is -2.14. The van der Waals surface area contributed by atoms with Gasteiger partial charge in [0.1, 0.15) is 5.75 Å². The molecular weight excluding hydrogens is 284 g/mol. The van der Waals surface area contributed by atoms with Crippen LogP contribution in [0.3, 0.4) is 0 Å². The number of carbonyl (C=O) groups is 1. The van der Waals surface area contributed by atoms with E-state index in [-0.39, 0.29) is 5.91 Å². The number of hydrogen-bond acceptors (Lipinski definition) is 4. The Labute approximate surface area is 128 Å². The number of carbonyl (C=O) groups excluding carboxylic acids is 1. The van der Waals surface area contributed by atoms with E-state index in [0.29, 0.717) is 12.2 Å². The average molecular weight is 302 g/mol. The molecule has 0 atom stereocenters. The molecule has 110 valence electrons. The number of benzene rings is 1. The molecule has 1 heterocycles. The minimum absolute atomic E-state index is 0.235. The van der Waals surface area contributed by atoms with Crippen LogP contribution in [0.5, 0.6) is 5.75 Å². The van der Waals surface area contributed by atoms with Gasteiger partial charge in [0, 0.05) is 15.3 Å². The van der Waals surface area contributed by atoms with Crippen LogP contribution in [0, 0.1) is 0 Å². The van der Waals surface area contributed by atoms with Gasteiger partial charge < -0.3 is 4.74 Å². The highest BCUT2D eigenvalue weighted by Crippen LogP contribution is 2.15. The SMILES string of the molecule is CCOc1ccc(C(=O)NN=Cc2ccc(CC)s2)cc1. The molecule has 1 N–H and O–H groups in total. The number of hydrazone groups is 1. The van der Waals surface area contributed by atoms with E-state index in [1.165, 1.54) is 4.88 Å². The summed E-state index contributed by atoms with van der Waals surface area (Å²) in [4.78, 5) is 14.2. The van der Waals surface area contributed by atoms with Crippen molar-refractivity contribution < 1.29 is 9.53 Å². The van der Waals surface area contributed by atoms with E-state index in [4.69, 9.17) is 4.74 Å². The number of ether oxygens (including phenoxy) is 1. The van der Waals surface area contributed by atoms with Gasteiger partial charge in [0.25, 0.3) is 5.91 Å². The van der Waals surface area contributed by atoms with Gasteiger partial charge in [0.15, 0.2) is 0 Å². The maximum absolute atomic E-state index is 11.9. The van der Waals surface area contributed by atoms with Gasteiger partial charge in [-0.15, -0.1) is 11.3 Å². The van der Waals surface area contributed by atoms with Crippen molar-refractivity contribution >= 4 is 23.5 Å². The first-order chi connectivity index (χ1) is 10.2. The minimum atomic E-state index is -0.235. The number of nitrogens with zero attached hydrogens (tertiary/aromatic N) is 1. The Morgan fingerprint density at radius 3 is 2.62 bits per heavy atom. The maximum atomic E-state index is 11.9. The lowest BCUT2D eigenvalue weighted by Crippen LogP contribution is -2.17. The third-order valence-electron chi connectivity index (χ3n) is 2.82. The van der Waals surface area contributed by atoms with Crippen LogP contribution in [0.4, 0.5) is 0 Å². The van der Waals surface area contributed by atoms with Crippen LogP contribution in [-0.4, -0.2) is 18.7 Å². The van der Waals surface area contributed by atoms with E-state index in [1.54, 1.807) is 41.8 Å². The fraction of sp³-hybridized carbons (Fsp3) is 0.250. The molecule has 0 spiro atoms. The van der Waals surface area contributed by atoms with Crippen LogP contribution in [0.25, 0.3) is 0 Å². The van der Waals surface area contributed by atoms with E-state index < -0.39 is 0 Å². The zero-order valence-corrected chi connectivity index (χ0v) is 12.9. The van der Waals surface area contributed by atoms with Crippen molar-refractivity contribution in [3.05, 3.63) is 51.7 Å². The molecule has 1 amide bonds. The number of rotatable bonds is 6. The van der Waals surface area contributed by atoms with Crippen LogP contribution in [0.1, 0.15) is 34.0 Å². The third kappa shape index (κ3) is 4.43. The van der Waals surface area contributed by atoms with E-state index in [0.717, 1.165) is 17.0 Å². The minimum Gasteiger partial charge on any atom is -0.494 e. The van der Waals surface area contributed by atoms with Crippen molar-refractivity contribution in [2.75, 3.05) is 6.61 Å². The fourth-order valence-corrected chi connectivity index (χ4v) is 2.57. The lowest BCUT2D eigenvalue weighted by molar-refractivity contribution is 0.0955. The lowest BCUT2D eigenvalue weighted by Gasteiger charge is -2.03. The van der Waals surface area contributed by atoms with Gasteiger partial charge in [-0.1, -0.05) is 6.92 Å². The normalized spacial score (nSPS) is 10.8. The summed E-state index contributed by atoms with van der Waals surface area (Å²) >= 11 is 1.67. The molecule has 0 fully saturated rings. The maximum Gasteiger partial charge on any atom is 0.271 e. The van der Waals surface area contributed by atoms with Crippen molar-refractivity contribution in [3.63, 3.8) is 0 Å². The molecule has 2 rings (SSSR count). The molecule has 1 aromatic carbocycles. The van der Waals surface area contributed by atoms with Gasteiger partial charge in [-0.25, -0.2) is 5.43 Å². The summed E-state index contributed by atoms with van der Waals surface area (Å²) in [6.45, 7) is 4.64. The lowest BCUT2D eigenvalue weighted by atomic mass is 10.2. The molecule has 21 heavy (non-hydrogen) atoms. The van der Waals surface area contributed by atoms with E-state index >= 15 is 0 Å². The summed E-state index contributed by atoms with van der Waals surface area (Å²) in [6, 6.07) is 11.0. The summed E-state index contributed by atoms with van der Waals surface area (Å²) in [5.74, 6) is 0.518. The molecule has 5 heteroatoms. The summed E-state index contributed by atoms with van der Waals surface area (Å²) < 4.78 is 5.33. The highest BCUT2D eigenvalue weighted by atomic mass is 32.1. The molecule has 0 aliphatic heterocycles. The van der Waals surface area contributed by atoms with Gasteiger partial charge in [-0.3, -0.25) is 4.79 Å². The van der Waals surface area contributed by atoms with Crippen LogP contribution in [-0.2, 0) is 6.42 Å². The Morgan fingerprint density at radius 2 is 2.00 bits per heavy atom. The Balaban J connectivity index is 1.91. The first-order valence-corrected chi connectivity index (χ1v) is 7.69. The highest BCUT2D eigenvalue weighted by molar-refractivity contribution is 7.13. The molecule has 0 aliphatic rings. The molecule has 4 nitrogen and oxygen atoms in total. The third-order valence-corrected chi connectivity index (χ3v) is 3.98. The van der Waals surface area contributed by atoms with Crippen LogP contribution in [0.2, 0.25) is 0 Å². The number of nitrogens with one attached hydrogen (secondary N) is 1. The molecule has 1 aromatic heterocycles. The van der Waals surface area contributed by atoms with Crippen molar-refractivity contribution in [3.8, 4) is 5.75 Å². The number of hydrogen-bond donors (Lipinski definition) is 1. The number of aryl methyl sites for hydroxylation is 1. The Bertz CT molecular complexity index is 617. The van der Waals surface area contributed by atoms with Crippen molar-refractivity contribution in [1.82, 2.24) is 5.43 Å². The molecule has 0 saturated heterocycles. The molecule has 0 aliphatic carbocycles. The molecule has 0 saturated carbocycles. The highest BCUT2D eigenvalue weighted by Gasteiger charge is 2.04. The number of amides is 1. The second-order valence-corrected chi connectivity index (χ2v) is 5.51. The van der Waals surface area contributed by atoms with Crippen LogP contribution in [0.15, 0.2) is 41.5 Å². The molecule has 0 radical (unpaired) electrons. The summed E-state index contributed by atoms with van der Waals surface area (Å²) in [5, 5.41) is 3.98. The number of thiophene rings is 1. The zero-order chi connectivity index (χ0) is 15.1. The second-order valence-electron chi connectivity index (χ2n) is 4.31. The van der Waals surface area contributed by atoms with Crippen molar-refractivity contribution in [2.45, 2.75) is 20.3 Å². The Kier molecular flexibility index (Phi) is 5.51. The Morgan fingerprint density at radius 1 is 1.24 bits per heavy atom. The smallest absolute Gasteiger partial charge is 0.271 e. The summed E-state index contributed by atoms with van der Waals surface area (Å²) in [6.07, 6.45) is 2.67.